The van der Waals surface area contributed by atoms with Gasteiger partial charge in [-0.1, -0.05) is 11.6 Å². The predicted octanol–water partition coefficient (Wildman–Crippen LogP) is 1.59. The number of nitrogens with two attached hydrogens (primary N) is 1. The van der Waals surface area contributed by atoms with Gasteiger partial charge < -0.3 is 10.5 Å². The predicted molar refractivity (Wildman–Crippen MR) is 45.0 cm³/mol. The van der Waals surface area contributed by atoms with Crippen LogP contribution in [0.5, 0.6) is 0 Å². The van der Waals surface area contributed by atoms with Gasteiger partial charge in [-0.25, -0.2) is 4.79 Å². The second-order valence-corrected chi connectivity index (χ2v) is 3.01. The van der Waals surface area contributed by atoms with Gasteiger partial charge in [-0.15, -0.1) is 0 Å². The Labute approximate surface area is 74.1 Å². The number of carbonyl (C=O) groups is 1. The van der Waals surface area contributed by atoms with Crippen molar-refractivity contribution in [2.45, 2.75) is 6.61 Å². The van der Waals surface area contributed by atoms with Crippen molar-refractivity contribution in [2.75, 3.05) is 5.73 Å². The Bertz CT molecular complexity index is 362. The van der Waals surface area contributed by atoms with E-state index in [1.165, 1.54) is 0 Å². The minimum atomic E-state index is -0.327. The molecule has 3 nitrogen and oxygen atoms in total. The van der Waals surface area contributed by atoms with E-state index in [9.17, 15) is 4.79 Å². The number of halogens is 1. The lowest BCUT2D eigenvalue weighted by atomic mass is 10.1. The van der Waals surface area contributed by atoms with Crippen LogP contribution >= 0.6 is 11.6 Å². The smallest absolute Gasteiger partial charge is 0.338 e. The monoisotopic (exact) mass is 183 g/mol. The van der Waals surface area contributed by atoms with Crippen molar-refractivity contribution >= 4 is 23.3 Å². The number of nitrogen functional groups attached to an aromatic ring is 1. The molecule has 1 aromatic rings. The van der Waals surface area contributed by atoms with Crippen LogP contribution in [0.1, 0.15) is 15.9 Å². The molecule has 0 aromatic heterocycles. The van der Waals surface area contributed by atoms with Crippen molar-refractivity contribution in [1.29, 1.82) is 0 Å². The van der Waals surface area contributed by atoms with E-state index in [0.29, 0.717) is 22.9 Å². The number of rotatable bonds is 0. The summed E-state index contributed by atoms with van der Waals surface area (Å²) in [6, 6.07) is 3.21. The van der Waals surface area contributed by atoms with Gasteiger partial charge in [0.1, 0.15) is 6.61 Å². The Morgan fingerprint density at radius 1 is 1.50 bits per heavy atom. The molecule has 1 heterocycles. The van der Waals surface area contributed by atoms with Gasteiger partial charge in [0.05, 0.1) is 16.3 Å². The van der Waals surface area contributed by atoms with E-state index in [4.69, 9.17) is 22.1 Å². The first-order chi connectivity index (χ1) is 5.68. The van der Waals surface area contributed by atoms with Gasteiger partial charge in [0.2, 0.25) is 0 Å². The van der Waals surface area contributed by atoms with Crippen molar-refractivity contribution in [2.24, 2.45) is 0 Å². The van der Waals surface area contributed by atoms with Crippen molar-refractivity contribution in [3.8, 4) is 0 Å². The van der Waals surface area contributed by atoms with Crippen LogP contribution in [0.2, 0.25) is 5.02 Å². The molecule has 4 heteroatoms. The summed E-state index contributed by atoms with van der Waals surface area (Å²) >= 11 is 5.72. The summed E-state index contributed by atoms with van der Waals surface area (Å²) in [5.74, 6) is -0.327. The molecule has 12 heavy (non-hydrogen) atoms. The summed E-state index contributed by atoms with van der Waals surface area (Å²) in [5.41, 5.74) is 7.35. The summed E-state index contributed by atoms with van der Waals surface area (Å²) < 4.78 is 4.78. The van der Waals surface area contributed by atoms with Crippen molar-refractivity contribution in [3.63, 3.8) is 0 Å². The fraction of sp³-hybridized carbons (Fsp3) is 0.125. The zero-order valence-electron chi connectivity index (χ0n) is 6.13. The Morgan fingerprint density at radius 3 is 3.00 bits per heavy atom. The highest BCUT2D eigenvalue weighted by Gasteiger charge is 2.21. The lowest BCUT2D eigenvalue weighted by molar-refractivity contribution is 0.0535. The molecule has 1 aromatic carbocycles. The minimum Gasteiger partial charge on any atom is -0.457 e. The van der Waals surface area contributed by atoms with Gasteiger partial charge in [-0.05, 0) is 12.1 Å². The van der Waals surface area contributed by atoms with Crippen LogP contribution in [-0.4, -0.2) is 5.97 Å². The molecule has 2 rings (SSSR count). The molecule has 0 atom stereocenters. The standard InChI is InChI=1S/C8H6ClNO2/c9-6-2-5-4(1-7(6)10)3-12-8(5)11/h1-2H,3,10H2. The minimum absolute atomic E-state index is 0.301. The highest BCUT2D eigenvalue weighted by atomic mass is 35.5. The Morgan fingerprint density at radius 2 is 2.25 bits per heavy atom. The molecule has 0 saturated carbocycles. The number of carbonyl (C=O) groups excluding carboxylic acids is 1. The average Bonchev–Trinajstić information content (AvgIpc) is 2.35. The van der Waals surface area contributed by atoms with Gasteiger partial charge >= 0.3 is 5.97 Å². The molecular weight excluding hydrogens is 178 g/mol. The van der Waals surface area contributed by atoms with Gasteiger partial charge in [0.25, 0.3) is 0 Å². The second kappa shape index (κ2) is 2.38. The van der Waals surface area contributed by atoms with Crippen LogP contribution in [0.4, 0.5) is 5.69 Å². The van der Waals surface area contributed by atoms with Gasteiger partial charge in [-0.2, -0.15) is 0 Å². The quantitative estimate of drug-likeness (QED) is 0.491. The fourth-order valence-electron chi connectivity index (χ4n) is 1.17. The van der Waals surface area contributed by atoms with Crippen molar-refractivity contribution in [1.82, 2.24) is 0 Å². The maximum Gasteiger partial charge on any atom is 0.338 e. The molecule has 0 saturated heterocycles. The van der Waals surface area contributed by atoms with Crippen LogP contribution < -0.4 is 5.73 Å². The summed E-state index contributed by atoms with van der Waals surface area (Å²) in [4.78, 5) is 11.0. The van der Waals surface area contributed by atoms with Crippen LogP contribution in [-0.2, 0) is 11.3 Å². The number of benzene rings is 1. The first kappa shape index (κ1) is 7.43. The lowest BCUT2D eigenvalue weighted by Crippen LogP contribution is -1.95. The number of fused-ring (bicyclic) bond motifs is 1. The Balaban J connectivity index is 2.63. The molecule has 2 N–H and O–H groups in total. The lowest BCUT2D eigenvalue weighted by Gasteiger charge is -1.98. The molecule has 0 fully saturated rings. The largest absolute Gasteiger partial charge is 0.457 e. The molecule has 0 amide bonds. The Hall–Kier alpha value is -1.22. The maximum atomic E-state index is 11.0. The fourth-order valence-corrected chi connectivity index (χ4v) is 1.33. The third-order valence-corrected chi connectivity index (χ3v) is 2.13. The molecule has 0 aliphatic carbocycles. The first-order valence-electron chi connectivity index (χ1n) is 3.43. The van der Waals surface area contributed by atoms with Crippen LogP contribution in [0.3, 0.4) is 0 Å². The van der Waals surface area contributed by atoms with E-state index in [1.807, 2.05) is 0 Å². The Kier molecular flexibility index (Phi) is 1.48. The van der Waals surface area contributed by atoms with Gasteiger partial charge in [0, 0.05) is 5.56 Å². The van der Waals surface area contributed by atoms with E-state index in [-0.39, 0.29) is 5.97 Å². The first-order valence-corrected chi connectivity index (χ1v) is 3.81. The van der Waals surface area contributed by atoms with E-state index in [2.05, 4.69) is 0 Å². The van der Waals surface area contributed by atoms with Crippen LogP contribution in [0.15, 0.2) is 12.1 Å². The number of cyclic esters (lactones) is 1. The molecule has 1 aliphatic rings. The van der Waals surface area contributed by atoms with Gasteiger partial charge in [0.15, 0.2) is 0 Å². The third kappa shape index (κ3) is 0.940. The van der Waals surface area contributed by atoms with Crippen LogP contribution in [0.25, 0.3) is 0 Å². The number of anilines is 1. The van der Waals surface area contributed by atoms with Gasteiger partial charge in [-0.3, -0.25) is 0 Å². The number of hydrogen-bond donors (Lipinski definition) is 1. The zero-order chi connectivity index (χ0) is 8.72. The highest BCUT2D eigenvalue weighted by molar-refractivity contribution is 6.33. The number of ether oxygens (including phenoxy) is 1. The topological polar surface area (TPSA) is 52.3 Å². The molecule has 0 unspecified atom stereocenters. The summed E-state index contributed by atoms with van der Waals surface area (Å²) in [6.45, 7) is 0.301. The van der Waals surface area contributed by atoms with Crippen molar-refractivity contribution < 1.29 is 9.53 Å². The summed E-state index contributed by atoms with van der Waals surface area (Å²) in [7, 11) is 0. The third-order valence-electron chi connectivity index (χ3n) is 1.80. The summed E-state index contributed by atoms with van der Waals surface area (Å²) in [5, 5.41) is 0.396. The van der Waals surface area contributed by atoms with Crippen LogP contribution in [0, 0.1) is 0 Å². The maximum absolute atomic E-state index is 11.0. The summed E-state index contributed by atoms with van der Waals surface area (Å²) in [6.07, 6.45) is 0. The second-order valence-electron chi connectivity index (χ2n) is 2.61. The van der Waals surface area contributed by atoms with E-state index in [1.54, 1.807) is 12.1 Å². The average molecular weight is 184 g/mol. The molecular formula is C8H6ClNO2. The molecule has 62 valence electrons. The van der Waals surface area contributed by atoms with E-state index in [0.717, 1.165) is 5.56 Å². The van der Waals surface area contributed by atoms with E-state index < -0.39 is 0 Å². The molecule has 0 spiro atoms. The number of esters is 1. The molecule has 1 aliphatic heterocycles. The van der Waals surface area contributed by atoms with Crippen molar-refractivity contribution in [3.05, 3.63) is 28.3 Å². The molecule has 0 radical (unpaired) electrons. The zero-order valence-corrected chi connectivity index (χ0v) is 6.89. The highest BCUT2D eigenvalue weighted by Crippen LogP contribution is 2.28. The molecule has 0 bridgehead atoms. The SMILES string of the molecule is Nc1cc2c(cc1Cl)C(=O)OC2. The normalized spacial score (nSPS) is 14.2. The number of hydrogen-bond acceptors (Lipinski definition) is 3. The van der Waals surface area contributed by atoms with E-state index >= 15 is 0 Å².